The summed E-state index contributed by atoms with van der Waals surface area (Å²) < 4.78 is 9.16. The third kappa shape index (κ3) is 2.50. The molecule has 0 amide bonds. The maximum atomic E-state index is 12.5. The van der Waals surface area contributed by atoms with Crippen LogP contribution in [-0.2, 0) is 20.6 Å². The van der Waals surface area contributed by atoms with Gasteiger partial charge in [0.25, 0.3) is 5.56 Å². The van der Waals surface area contributed by atoms with Gasteiger partial charge in [-0.05, 0) is 29.8 Å². The molecule has 7 nitrogen and oxygen atoms in total. The number of fused-ring (bicyclic) bond motifs is 1. The normalized spacial score (nSPS) is 11.2. The molecule has 2 aromatic heterocycles. The number of methoxy groups -OCH3 is 1. The van der Waals surface area contributed by atoms with E-state index in [9.17, 15) is 9.59 Å². The minimum absolute atomic E-state index is 0.102. The number of aromatic nitrogens is 4. The van der Waals surface area contributed by atoms with Gasteiger partial charge in [0.2, 0.25) is 5.28 Å². The Kier molecular flexibility index (Phi) is 4.15. The average Bonchev–Trinajstić information content (AvgIpc) is 2.88. The van der Waals surface area contributed by atoms with Crippen molar-refractivity contribution < 1.29 is 4.74 Å². The highest BCUT2D eigenvalue weighted by Crippen LogP contribution is 2.26. The summed E-state index contributed by atoms with van der Waals surface area (Å²) in [6, 6.07) is 5.17. The second-order valence-electron chi connectivity index (χ2n) is 5.30. The van der Waals surface area contributed by atoms with E-state index >= 15 is 0 Å². The van der Waals surface area contributed by atoms with Crippen LogP contribution in [0.5, 0.6) is 5.75 Å². The molecule has 3 rings (SSSR count). The van der Waals surface area contributed by atoms with E-state index in [1.165, 1.54) is 23.2 Å². The summed E-state index contributed by atoms with van der Waals surface area (Å²) in [5.41, 5.74) is 0.283. The molecule has 0 saturated carbocycles. The van der Waals surface area contributed by atoms with Crippen LogP contribution < -0.4 is 16.0 Å². The smallest absolute Gasteiger partial charge is 0.332 e. The van der Waals surface area contributed by atoms with Gasteiger partial charge in [0, 0.05) is 24.7 Å². The largest absolute Gasteiger partial charge is 0.496 e. The Bertz CT molecular complexity index is 1070. The first-order chi connectivity index (χ1) is 11.3. The molecule has 24 heavy (non-hydrogen) atoms. The van der Waals surface area contributed by atoms with Gasteiger partial charge in [0.05, 0.1) is 13.7 Å². The Morgan fingerprint density at radius 3 is 2.54 bits per heavy atom. The van der Waals surface area contributed by atoms with Crippen molar-refractivity contribution in [2.45, 2.75) is 6.54 Å². The molecule has 0 aliphatic rings. The number of benzene rings is 1. The van der Waals surface area contributed by atoms with Gasteiger partial charge in [-0.15, -0.1) is 0 Å². The first kappa shape index (κ1) is 16.6. The van der Waals surface area contributed by atoms with Crippen molar-refractivity contribution in [1.29, 1.82) is 0 Å². The highest BCUT2D eigenvalue weighted by molar-refractivity contribution is 6.30. The predicted octanol–water partition coefficient (Wildman–Crippen LogP) is 1.80. The van der Waals surface area contributed by atoms with E-state index in [2.05, 4.69) is 4.98 Å². The van der Waals surface area contributed by atoms with Gasteiger partial charge >= 0.3 is 5.69 Å². The van der Waals surface area contributed by atoms with E-state index in [0.29, 0.717) is 10.8 Å². The number of hydrogen-bond acceptors (Lipinski definition) is 4. The van der Waals surface area contributed by atoms with Crippen LogP contribution in [0, 0.1) is 0 Å². The molecule has 0 spiro atoms. The van der Waals surface area contributed by atoms with Gasteiger partial charge in [-0.2, -0.15) is 4.98 Å². The Morgan fingerprint density at radius 2 is 1.88 bits per heavy atom. The van der Waals surface area contributed by atoms with Crippen LogP contribution in [-0.4, -0.2) is 25.8 Å². The van der Waals surface area contributed by atoms with Gasteiger partial charge in [-0.1, -0.05) is 11.6 Å². The molecule has 0 aliphatic heterocycles. The predicted molar refractivity (Wildman–Crippen MR) is 92.3 cm³/mol. The van der Waals surface area contributed by atoms with Gasteiger partial charge < -0.3 is 9.30 Å². The van der Waals surface area contributed by atoms with Crippen molar-refractivity contribution in [2.75, 3.05) is 7.11 Å². The zero-order valence-corrected chi connectivity index (χ0v) is 14.7. The van der Waals surface area contributed by atoms with Crippen LogP contribution in [0.2, 0.25) is 10.3 Å². The SMILES string of the molecule is COc1ccc(Cl)cc1Cn1c(Cl)nc2c1c(=O)n(C)c(=O)n2C. The fourth-order valence-corrected chi connectivity index (χ4v) is 3.02. The molecule has 126 valence electrons. The molecule has 9 heteroatoms. The number of hydrogen-bond donors (Lipinski definition) is 0. The zero-order chi connectivity index (χ0) is 17.6. The molecule has 0 aliphatic carbocycles. The van der Waals surface area contributed by atoms with Crippen LogP contribution in [0.25, 0.3) is 11.2 Å². The second kappa shape index (κ2) is 5.99. The number of nitrogens with zero attached hydrogens (tertiary/aromatic N) is 4. The van der Waals surface area contributed by atoms with Crippen molar-refractivity contribution in [1.82, 2.24) is 18.7 Å². The van der Waals surface area contributed by atoms with E-state index in [-0.39, 0.29) is 23.0 Å². The fourth-order valence-electron chi connectivity index (χ4n) is 2.61. The minimum Gasteiger partial charge on any atom is -0.496 e. The number of imidazole rings is 1. The lowest BCUT2D eigenvalue weighted by Gasteiger charge is -2.11. The van der Waals surface area contributed by atoms with Crippen LogP contribution in [0.15, 0.2) is 27.8 Å². The molecule has 0 saturated heterocycles. The van der Waals surface area contributed by atoms with E-state index in [0.717, 1.165) is 10.1 Å². The quantitative estimate of drug-likeness (QED) is 0.660. The van der Waals surface area contributed by atoms with Crippen molar-refractivity contribution in [3.05, 3.63) is 54.9 Å². The lowest BCUT2D eigenvalue weighted by Crippen LogP contribution is -2.37. The first-order valence-corrected chi connectivity index (χ1v) is 7.75. The summed E-state index contributed by atoms with van der Waals surface area (Å²) in [4.78, 5) is 28.7. The topological polar surface area (TPSA) is 71.1 Å². The molecule has 0 atom stereocenters. The standard InChI is InChI=1S/C15H14Cl2N4O3/c1-19-12-11(13(22)20(2)15(19)23)21(14(17)18-12)7-8-6-9(16)4-5-10(8)24-3/h4-6H,7H2,1-3H3. The number of aryl methyl sites for hydroxylation is 1. The Balaban J connectivity index is 2.29. The van der Waals surface area contributed by atoms with E-state index in [1.54, 1.807) is 25.3 Å². The maximum absolute atomic E-state index is 12.5. The highest BCUT2D eigenvalue weighted by atomic mass is 35.5. The molecule has 0 radical (unpaired) electrons. The minimum atomic E-state index is -0.464. The summed E-state index contributed by atoms with van der Waals surface area (Å²) in [6.45, 7) is 0.229. The fraction of sp³-hybridized carbons (Fsp3) is 0.267. The highest BCUT2D eigenvalue weighted by Gasteiger charge is 2.19. The monoisotopic (exact) mass is 368 g/mol. The first-order valence-electron chi connectivity index (χ1n) is 6.99. The van der Waals surface area contributed by atoms with Crippen LogP contribution in [0.4, 0.5) is 0 Å². The molecule has 3 aromatic rings. The van der Waals surface area contributed by atoms with Crippen molar-refractivity contribution in [3.8, 4) is 5.75 Å². The molecule has 0 N–H and O–H groups in total. The summed E-state index contributed by atoms with van der Waals surface area (Å²) >= 11 is 12.3. The zero-order valence-electron chi connectivity index (χ0n) is 13.2. The molecule has 0 bridgehead atoms. The third-order valence-electron chi connectivity index (χ3n) is 3.87. The van der Waals surface area contributed by atoms with Crippen molar-refractivity contribution in [3.63, 3.8) is 0 Å². The van der Waals surface area contributed by atoms with E-state index in [1.807, 2.05) is 0 Å². The molecule has 0 unspecified atom stereocenters. The Labute approximate surface area is 146 Å². The maximum Gasteiger partial charge on any atom is 0.332 e. The van der Waals surface area contributed by atoms with Crippen LogP contribution in [0.3, 0.4) is 0 Å². The molecular weight excluding hydrogens is 355 g/mol. The second-order valence-corrected chi connectivity index (χ2v) is 6.08. The molecular formula is C15H14Cl2N4O3. The Hall–Kier alpha value is -2.25. The average molecular weight is 369 g/mol. The van der Waals surface area contributed by atoms with E-state index < -0.39 is 11.2 Å². The van der Waals surface area contributed by atoms with Gasteiger partial charge in [0.1, 0.15) is 5.75 Å². The van der Waals surface area contributed by atoms with Gasteiger partial charge in [0.15, 0.2) is 11.2 Å². The summed E-state index contributed by atoms with van der Waals surface area (Å²) in [6.07, 6.45) is 0. The third-order valence-corrected chi connectivity index (χ3v) is 4.40. The lowest BCUT2D eigenvalue weighted by molar-refractivity contribution is 0.408. The Morgan fingerprint density at radius 1 is 1.17 bits per heavy atom. The van der Waals surface area contributed by atoms with Crippen LogP contribution >= 0.6 is 23.2 Å². The van der Waals surface area contributed by atoms with Crippen molar-refractivity contribution >= 4 is 34.4 Å². The lowest BCUT2D eigenvalue weighted by atomic mass is 10.2. The van der Waals surface area contributed by atoms with Gasteiger partial charge in [-0.25, -0.2) is 4.79 Å². The van der Waals surface area contributed by atoms with E-state index in [4.69, 9.17) is 27.9 Å². The summed E-state index contributed by atoms with van der Waals surface area (Å²) in [5, 5.41) is 0.636. The number of ether oxygens (including phenoxy) is 1. The van der Waals surface area contributed by atoms with Crippen molar-refractivity contribution in [2.24, 2.45) is 14.1 Å². The molecule has 1 aromatic carbocycles. The summed E-state index contributed by atoms with van der Waals surface area (Å²) in [5.74, 6) is 0.610. The van der Waals surface area contributed by atoms with Crippen LogP contribution in [0.1, 0.15) is 5.56 Å². The molecule has 0 fully saturated rings. The summed E-state index contributed by atoms with van der Waals surface area (Å²) in [7, 11) is 4.50. The van der Waals surface area contributed by atoms with Gasteiger partial charge in [-0.3, -0.25) is 13.9 Å². The number of rotatable bonds is 3. The molecule has 2 heterocycles. The number of halogens is 2.